The van der Waals surface area contributed by atoms with Crippen LogP contribution in [0.5, 0.6) is 0 Å². The summed E-state index contributed by atoms with van der Waals surface area (Å²) in [7, 11) is 1.67. The molecule has 1 aromatic heterocycles. The number of methoxy groups -OCH3 is 1. The van der Waals surface area contributed by atoms with Crippen molar-refractivity contribution in [2.24, 2.45) is 0 Å². The first-order valence-electron chi connectivity index (χ1n) is 4.47. The molecule has 14 heavy (non-hydrogen) atoms. The molecule has 0 spiro atoms. The second kappa shape index (κ2) is 4.76. The minimum Gasteiger partial charge on any atom is -0.383 e. The molecule has 0 radical (unpaired) electrons. The standard InChI is InChI=1S/C9H16N4O/c1-6(4-14-3)13-9-7(2)8(10)11-5-12-9/h5-6H,4H2,1-3H3,(H3,10,11,12,13). The van der Waals surface area contributed by atoms with E-state index >= 15 is 0 Å². The van der Waals surface area contributed by atoms with Gasteiger partial charge in [0, 0.05) is 18.7 Å². The summed E-state index contributed by atoms with van der Waals surface area (Å²) in [5.41, 5.74) is 6.52. The van der Waals surface area contributed by atoms with Gasteiger partial charge in [0.1, 0.15) is 18.0 Å². The summed E-state index contributed by atoms with van der Waals surface area (Å²) in [6.45, 7) is 4.53. The molecule has 5 heteroatoms. The number of nitrogens with one attached hydrogen (secondary N) is 1. The molecule has 0 aliphatic carbocycles. The molecule has 1 aromatic rings. The van der Waals surface area contributed by atoms with Crippen LogP contribution in [-0.2, 0) is 4.74 Å². The predicted octanol–water partition coefficient (Wildman–Crippen LogP) is 0.814. The minimum absolute atomic E-state index is 0.202. The smallest absolute Gasteiger partial charge is 0.134 e. The fraction of sp³-hybridized carbons (Fsp3) is 0.556. The number of nitrogens with two attached hydrogens (primary N) is 1. The maximum absolute atomic E-state index is 5.65. The Kier molecular flexibility index (Phi) is 3.64. The van der Waals surface area contributed by atoms with Gasteiger partial charge in [-0.1, -0.05) is 0 Å². The van der Waals surface area contributed by atoms with Crippen LogP contribution in [0.15, 0.2) is 6.33 Å². The van der Waals surface area contributed by atoms with Crippen molar-refractivity contribution in [1.29, 1.82) is 0 Å². The zero-order valence-electron chi connectivity index (χ0n) is 8.74. The highest BCUT2D eigenvalue weighted by atomic mass is 16.5. The molecule has 1 heterocycles. The number of anilines is 2. The number of aromatic nitrogens is 2. The van der Waals surface area contributed by atoms with Gasteiger partial charge in [0.2, 0.25) is 0 Å². The first kappa shape index (κ1) is 10.7. The number of rotatable bonds is 4. The van der Waals surface area contributed by atoms with Crippen LogP contribution in [0.4, 0.5) is 11.6 Å². The van der Waals surface area contributed by atoms with E-state index in [0.717, 1.165) is 11.4 Å². The van der Waals surface area contributed by atoms with Gasteiger partial charge >= 0.3 is 0 Å². The van der Waals surface area contributed by atoms with E-state index in [1.807, 2.05) is 13.8 Å². The lowest BCUT2D eigenvalue weighted by Crippen LogP contribution is -2.22. The van der Waals surface area contributed by atoms with Gasteiger partial charge < -0.3 is 15.8 Å². The van der Waals surface area contributed by atoms with Crippen LogP contribution in [0.1, 0.15) is 12.5 Å². The zero-order valence-corrected chi connectivity index (χ0v) is 8.74. The van der Waals surface area contributed by atoms with Crippen LogP contribution < -0.4 is 11.1 Å². The summed E-state index contributed by atoms with van der Waals surface area (Å²) < 4.78 is 5.01. The number of ether oxygens (including phenoxy) is 1. The van der Waals surface area contributed by atoms with E-state index in [9.17, 15) is 0 Å². The van der Waals surface area contributed by atoms with Crippen molar-refractivity contribution in [3.05, 3.63) is 11.9 Å². The molecule has 78 valence electrons. The first-order valence-corrected chi connectivity index (χ1v) is 4.47. The van der Waals surface area contributed by atoms with Crippen molar-refractivity contribution in [2.75, 3.05) is 24.8 Å². The Labute approximate surface area is 83.7 Å². The number of nitrogens with zero attached hydrogens (tertiary/aromatic N) is 2. The quantitative estimate of drug-likeness (QED) is 0.745. The van der Waals surface area contributed by atoms with E-state index in [-0.39, 0.29) is 6.04 Å². The minimum atomic E-state index is 0.202. The molecule has 0 saturated carbocycles. The molecule has 0 saturated heterocycles. The van der Waals surface area contributed by atoms with Gasteiger partial charge in [-0.3, -0.25) is 0 Å². The Morgan fingerprint density at radius 2 is 2.29 bits per heavy atom. The molecule has 1 atom stereocenters. The fourth-order valence-corrected chi connectivity index (χ4v) is 1.13. The normalized spacial score (nSPS) is 12.5. The third-order valence-electron chi connectivity index (χ3n) is 1.92. The Morgan fingerprint density at radius 1 is 1.57 bits per heavy atom. The van der Waals surface area contributed by atoms with Gasteiger partial charge in [-0.15, -0.1) is 0 Å². The molecule has 1 unspecified atom stereocenters. The molecule has 0 aliphatic rings. The summed E-state index contributed by atoms with van der Waals surface area (Å²) in [6.07, 6.45) is 1.45. The van der Waals surface area contributed by atoms with Crippen LogP contribution in [0.25, 0.3) is 0 Å². The Balaban J connectivity index is 2.71. The highest BCUT2D eigenvalue weighted by molar-refractivity contribution is 5.54. The van der Waals surface area contributed by atoms with Gasteiger partial charge in [0.05, 0.1) is 6.61 Å². The Bertz CT molecular complexity index is 303. The van der Waals surface area contributed by atoms with Crippen LogP contribution in [0.2, 0.25) is 0 Å². The lowest BCUT2D eigenvalue weighted by molar-refractivity contribution is 0.190. The highest BCUT2D eigenvalue weighted by Crippen LogP contribution is 2.15. The molecule has 0 aliphatic heterocycles. The van der Waals surface area contributed by atoms with Crippen molar-refractivity contribution in [3.63, 3.8) is 0 Å². The predicted molar refractivity (Wildman–Crippen MR) is 56.1 cm³/mol. The second-order valence-corrected chi connectivity index (χ2v) is 3.23. The van der Waals surface area contributed by atoms with Crippen molar-refractivity contribution >= 4 is 11.6 Å². The van der Waals surface area contributed by atoms with E-state index < -0.39 is 0 Å². The Hall–Kier alpha value is -1.36. The molecular formula is C9H16N4O. The molecule has 0 aromatic carbocycles. The highest BCUT2D eigenvalue weighted by Gasteiger charge is 2.07. The van der Waals surface area contributed by atoms with E-state index in [0.29, 0.717) is 12.4 Å². The third-order valence-corrected chi connectivity index (χ3v) is 1.92. The van der Waals surface area contributed by atoms with Gasteiger partial charge in [-0.25, -0.2) is 9.97 Å². The maximum atomic E-state index is 5.65. The maximum Gasteiger partial charge on any atom is 0.134 e. The molecular weight excluding hydrogens is 180 g/mol. The van der Waals surface area contributed by atoms with E-state index in [4.69, 9.17) is 10.5 Å². The van der Waals surface area contributed by atoms with Crippen molar-refractivity contribution < 1.29 is 4.74 Å². The molecule has 5 nitrogen and oxygen atoms in total. The average Bonchev–Trinajstić information content (AvgIpc) is 2.13. The molecule has 0 fully saturated rings. The lowest BCUT2D eigenvalue weighted by Gasteiger charge is -2.15. The second-order valence-electron chi connectivity index (χ2n) is 3.23. The average molecular weight is 196 g/mol. The summed E-state index contributed by atoms with van der Waals surface area (Å²) in [5.74, 6) is 1.27. The van der Waals surface area contributed by atoms with Gasteiger partial charge in [-0.05, 0) is 13.8 Å². The number of hydrogen-bond donors (Lipinski definition) is 2. The number of hydrogen-bond acceptors (Lipinski definition) is 5. The zero-order chi connectivity index (χ0) is 10.6. The monoisotopic (exact) mass is 196 g/mol. The molecule has 1 rings (SSSR count). The van der Waals surface area contributed by atoms with E-state index in [1.54, 1.807) is 7.11 Å². The SMILES string of the molecule is COCC(C)Nc1ncnc(N)c1C. The van der Waals surface area contributed by atoms with Crippen LogP contribution in [-0.4, -0.2) is 29.7 Å². The van der Waals surface area contributed by atoms with Gasteiger partial charge in [-0.2, -0.15) is 0 Å². The number of nitrogen functional groups attached to an aromatic ring is 1. The van der Waals surface area contributed by atoms with E-state index in [1.165, 1.54) is 6.33 Å². The van der Waals surface area contributed by atoms with E-state index in [2.05, 4.69) is 15.3 Å². The van der Waals surface area contributed by atoms with Gasteiger partial charge in [0.25, 0.3) is 0 Å². The fourth-order valence-electron chi connectivity index (χ4n) is 1.13. The summed E-state index contributed by atoms with van der Waals surface area (Å²) in [4.78, 5) is 7.99. The van der Waals surface area contributed by atoms with Crippen molar-refractivity contribution in [1.82, 2.24) is 9.97 Å². The van der Waals surface area contributed by atoms with Crippen LogP contribution in [0.3, 0.4) is 0 Å². The summed E-state index contributed by atoms with van der Waals surface area (Å²) in [6, 6.07) is 0.202. The largest absolute Gasteiger partial charge is 0.383 e. The lowest BCUT2D eigenvalue weighted by atomic mass is 10.3. The molecule has 3 N–H and O–H groups in total. The van der Waals surface area contributed by atoms with Crippen molar-refractivity contribution in [2.45, 2.75) is 19.9 Å². The topological polar surface area (TPSA) is 73.1 Å². The molecule has 0 bridgehead atoms. The summed E-state index contributed by atoms with van der Waals surface area (Å²) in [5, 5.41) is 3.20. The first-order chi connectivity index (χ1) is 6.65. The van der Waals surface area contributed by atoms with Crippen molar-refractivity contribution in [3.8, 4) is 0 Å². The third kappa shape index (κ3) is 2.56. The van der Waals surface area contributed by atoms with Gasteiger partial charge in [0.15, 0.2) is 0 Å². The van der Waals surface area contributed by atoms with Crippen LogP contribution in [0, 0.1) is 6.92 Å². The molecule has 0 amide bonds. The van der Waals surface area contributed by atoms with Crippen LogP contribution >= 0.6 is 0 Å². The summed E-state index contributed by atoms with van der Waals surface area (Å²) >= 11 is 0. The Morgan fingerprint density at radius 3 is 2.93 bits per heavy atom.